The number of nitrogens with one attached hydrogen (secondary N) is 1. The summed E-state index contributed by atoms with van der Waals surface area (Å²) in [6.45, 7) is 3.04. The molecule has 8 heteroatoms. The molecule has 0 bridgehead atoms. The van der Waals surface area contributed by atoms with Crippen molar-refractivity contribution < 1.29 is 13.2 Å². The van der Waals surface area contributed by atoms with Crippen LogP contribution in [-0.4, -0.2) is 44.4 Å². The fourth-order valence-electron chi connectivity index (χ4n) is 2.49. The van der Waals surface area contributed by atoms with Crippen molar-refractivity contribution in [3.05, 3.63) is 29.3 Å². The van der Waals surface area contributed by atoms with Crippen LogP contribution >= 0.6 is 11.6 Å². The summed E-state index contributed by atoms with van der Waals surface area (Å²) in [4.78, 5) is 13.3. The minimum Gasteiger partial charge on any atom is -0.368 e. The molecule has 0 radical (unpaired) electrons. The summed E-state index contributed by atoms with van der Waals surface area (Å²) in [5.41, 5.74) is 5.29. The third kappa shape index (κ3) is 4.19. The van der Waals surface area contributed by atoms with Gasteiger partial charge < -0.3 is 5.73 Å². The number of benzene rings is 1. The fraction of sp³-hybridized carbons (Fsp3) is 0.500. The molecule has 3 N–H and O–H groups in total. The van der Waals surface area contributed by atoms with E-state index in [1.807, 2.05) is 4.90 Å². The first-order valence-corrected chi connectivity index (χ1v) is 8.97. The summed E-state index contributed by atoms with van der Waals surface area (Å²) in [6, 6.07) is 5.59. The third-order valence-corrected chi connectivity index (χ3v) is 5.72. The molecular formula is C14H20ClN3O3S. The normalized spacial score (nSPS) is 19.0. The lowest BCUT2D eigenvalue weighted by molar-refractivity contribution is -0.123. The minimum atomic E-state index is -3.55. The lowest BCUT2D eigenvalue weighted by Crippen LogP contribution is -2.50. The van der Waals surface area contributed by atoms with Crippen molar-refractivity contribution in [1.82, 2.24) is 9.62 Å². The summed E-state index contributed by atoms with van der Waals surface area (Å²) in [5.74, 6) is -0.361. The van der Waals surface area contributed by atoms with Crippen molar-refractivity contribution in [3.63, 3.8) is 0 Å². The van der Waals surface area contributed by atoms with E-state index in [0.717, 1.165) is 0 Å². The van der Waals surface area contributed by atoms with E-state index < -0.39 is 10.0 Å². The van der Waals surface area contributed by atoms with Gasteiger partial charge in [0, 0.05) is 24.2 Å². The number of rotatable bonds is 5. The average molecular weight is 346 g/mol. The number of sulfonamides is 1. The maximum absolute atomic E-state index is 12.3. The number of primary amides is 1. The van der Waals surface area contributed by atoms with Gasteiger partial charge in [-0.3, -0.25) is 9.69 Å². The Kier molecular flexibility index (Phi) is 5.44. The maximum Gasteiger partial charge on any atom is 0.240 e. The molecule has 1 aromatic carbocycles. The third-order valence-electron chi connectivity index (χ3n) is 3.93. The maximum atomic E-state index is 12.3. The molecule has 1 fully saturated rings. The van der Waals surface area contributed by atoms with E-state index in [1.165, 1.54) is 12.1 Å². The summed E-state index contributed by atoms with van der Waals surface area (Å²) < 4.78 is 27.3. The van der Waals surface area contributed by atoms with Crippen molar-refractivity contribution in [2.45, 2.75) is 36.7 Å². The highest BCUT2D eigenvalue weighted by atomic mass is 35.5. The number of amides is 1. The zero-order chi connectivity index (χ0) is 16.3. The van der Waals surface area contributed by atoms with E-state index in [0.29, 0.717) is 31.0 Å². The van der Waals surface area contributed by atoms with Crippen molar-refractivity contribution in [1.29, 1.82) is 0 Å². The van der Waals surface area contributed by atoms with Crippen molar-refractivity contribution in [2.75, 3.05) is 13.1 Å². The molecule has 1 aliphatic heterocycles. The number of carbonyl (C=O) groups excluding carboxylic acids is 1. The van der Waals surface area contributed by atoms with E-state index in [1.54, 1.807) is 19.1 Å². The lowest BCUT2D eigenvalue weighted by Gasteiger charge is -2.34. The minimum absolute atomic E-state index is 0.142. The van der Waals surface area contributed by atoms with Crippen LogP contribution in [0.3, 0.4) is 0 Å². The number of hydrogen-bond acceptors (Lipinski definition) is 4. The first kappa shape index (κ1) is 17.2. The molecule has 1 heterocycles. The van der Waals surface area contributed by atoms with Gasteiger partial charge in [-0.25, -0.2) is 13.1 Å². The van der Waals surface area contributed by atoms with Gasteiger partial charge in [-0.15, -0.1) is 0 Å². The molecule has 0 aromatic heterocycles. The quantitative estimate of drug-likeness (QED) is 0.831. The van der Waals surface area contributed by atoms with Crippen LogP contribution in [0, 0.1) is 0 Å². The van der Waals surface area contributed by atoms with Gasteiger partial charge in [-0.05, 0) is 44.0 Å². The summed E-state index contributed by atoms with van der Waals surface area (Å²) in [7, 11) is -3.55. The molecule has 122 valence electrons. The molecule has 1 amide bonds. The van der Waals surface area contributed by atoms with Gasteiger partial charge in [-0.2, -0.15) is 0 Å². The summed E-state index contributed by atoms with van der Waals surface area (Å²) >= 11 is 5.77. The van der Waals surface area contributed by atoms with Gasteiger partial charge in [0.25, 0.3) is 0 Å². The Bertz CT molecular complexity index is 625. The summed E-state index contributed by atoms with van der Waals surface area (Å²) in [6.07, 6.45) is 1.29. The fourth-order valence-corrected chi connectivity index (χ4v) is 3.92. The topological polar surface area (TPSA) is 92.5 Å². The van der Waals surface area contributed by atoms with Crippen LogP contribution in [0.4, 0.5) is 0 Å². The van der Waals surface area contributed by atoms with Crippen molar-refractivity contribution in [2.24, 2.45) is 5.73 Å². The Balaban J connectivity index is 1.95. The van der Waals surface area contributed by atoms with Crippen LogP contribution in [0.2, 0.25) is 5.02 Å². The van der Waals surface area contributed by atoms with Crippen LogP contribution in [0.25, 0.3) is 0 Å². The largest absolute Gasteiger partial charge is 0.368 e. The Hall–Kier alpha value is -1.15. The summed E-state index contributed by atoms with van der Waals surface area (Å²) in [5, 5.41) is 0.493. The highest BCUT2D eigenvalue weighted by molar-refractivity contribution is 7.89. The highest BCUT2D eigenvalue weighted by Gasteiger charge is 2.28. The first-order chi connectivity index (χ1) is 10.3. The number of nitrogens with zero attached hydrogens (tertiary/aromatic N) is 1. The molecule has 1 aliphatic rings. The molecule has 1 atom stereocenters. The molecule has 6 nitrogen and oxygen atoms in total. The standard InChI is InChI=1S/C14H20ClN3O3S/c1-10(14(16)19)18-8-6-12(7-9-18)17-22(20,21)13-4-2-11(15)3-5-13/h2-5,10,12,17H,6-9H2,1H3,(H2,16,19). The van der Waals surface area contributed by atoms with Crippen LogP contribution in [-0.2, 0) is 14.8 Å². The van der Waals surface area contributed by atoms with E-state index in [2.05, 4.69) is 4.72 Å². The van der Waals surface area contributed by atoms with Crippen molar-refractivity contribution >= 4 is 27.5 Å². The predicted molar refractivity (Wildman–Crippen MR) is 85.0 cm³/mol. The molecule has 2 rings (SSSR count). The monoisotopic (exact) mass is 345 g/mol. The van der Waals surface area contributed by atoms with Gasteiger partial charge in [0.15, 0.2) is 0 Å². The smallest absolute Gasteiger partial charge is 0.240 e. The van der Waals surface area contributed by atoms with Crippen LogP contribution in [0.1, 0.15) is 19.8 Å². The Morgan fingerprint density at radius 2 is 1.86 bits per heavy atom. The second kappa shape index (κ2) is 6.95. The highest BCUT2D eigenvalue weighted by Crippen LogP contribution is 2.18. The van der Waals surface area contributed by atoms with Gasteiger partial charge in [0.1, 0.15) is 0 Å². The second-order valence-corrected chi connectivity index (χ2v) is 7.61. The van der Waals surface area contributed by atoms with E-state index >= 15 is 0 Å². The molecule has 0 aliphatic carbocycles. The molecule has 1 unspecified atom stereocenters. The second-order valence-electron chi connectivity index (χ2n) is 5.46. The molecule has 1 saturated heterocycles. The number of nitrogens with two attached hydrogens (primary N) is 1. The Morgan fingerprint density at radius 1 is 1.32 bits per heavy atom. The Labute approximate surface area is 135 Å². The van der Waals surface area contributed by atoms with Crippen molar-refractivity contribution in [3.8, 4) is 0 Å². The SMILES string of the molecule is CC(C(N)=O)N1CCC(NS(=O)(=O)c2ccc(Cl)cc2)CC1. The average Bonchev–Trinajstić information content (AvgIpc) is 2.47. The zero-order valence-corrected chi connectivity index (χ0v) is 13.9. The number of hydrogen-bond donors (Lipinski definition) is 2. The van der Waals surface area contributed by atoms with E-state index in [9.17, 15) is 13.2 Å². The Morgan fingerprint density at radius 3 is 2.36 bits per heavy atom. The number of likely N-dealkylation sites (tertiary alicyclic amines) is 1. The number of piperidine rings is 1. The predicted octanol–water partition coefficient (Wildman–Crippen LogP) is 0.957. The van der Waals surface area contributed by atoms with Gasteiger partial charge in [-0.1, -0.05) is 11.6 Å². The van der Waals surface area contributed by atoms with Crippen LogP contribution < -0.4 is 10.5 Å². The number of carbonyl (C=O) groups is 1. The molecule has 0 spiro atoms. The van der Waals surface area contributed by atoms with Gasteiger partial charge in [0.05, 0.1) is 10.9 Å². The molecule has 0 saturated carbocycles. The number of halogens is 1. The van der Waals surface area contributed by atoms with E-state index in [4.69, 9.17) is 17.3 Å². The molecular weight excluding hydrogens is 326 g/mol. The van der Waals surface area contributed by atoms with Gasteiger partial charge in [0.2, 0.25) is 15.9 Å². The molecule has 1 aromatic rings. The van der Waals surface area contributed by atoms with Crippen LogP contribution in [0.5, 0.6) is 0 Å². The molecule has 22 heavy (non-hydrogen) atoms. The lowest BCUT2D eigenvalue weighted by atomic mass is 10.0. The van der Waals surface area contributed by atoms with Gasteiger partial charge >= 0.3 is 0 Å². The van der Waals surface area contributed by atoms with E-state index in [-0.39, 0.29) is 22.9 Å². The zero-order valence-electron chi connectivity index (χ0n) is 12.3. The van der Waals surface area contributed by atoms with Crippen LogP contribution in [0.15, 0.2) is 29.2 Å². The first-order valence-electron chi connectivity index (χ1n) is 7.11.